The van der Waals surface area contributed by atoms with Gasteiger partial charge in [0.25, 0.3) is 15.9 Å². The lowest BCUT2D eigenvalue weighted by atomic mass is 10.1. The number of hydrogen-bond donors (Lipinski definition) is 2. The van der Waals surface area contributed by atoms with Crippen molar-refractivity contribution in [1.29, 1.82) is 0 Å². The molecule has 1 unspecified atom stereocenters. The van der Waals surface area contributed by atoms with Crippen molar-refractivity contribution in [3.63, 3.8) is 0 Å². The van der Waals surface area contributed by atoms with Crippen LogP contribution in [0.5, 0.6) is 0 Å². The molecule has 0 saturated carbocycles. The summed E-state index contributed by atoms with van der Waals surface area (Å²) in [6, 6.07) is 12.7. The molecule has 3 aromatic rings. The van der Waals surface area contributed by atoms with Crippen LogP contribution in [0.4, 0.5) is 14.5 Å². The van der Waals surface area contributed by atoms with Gasteiger partial charge in [-0.15, -0.1) is 0 Å². The number of rotatable bonds is 6. The Bertz CT molecular complexity index is 1250. The predicted octanol–water partition coefficient (Wildman–Crippen LogP) is 5.22. The van der Waals surface area contributed by atoms with Crippen LogP contribution in [-0.4, -0.2) is 14.3 Å². The second kappa shape index (κ2) is 9.03. The first-order chi connectivity index (χ1) is 14.6. The largest absolute Gasteiger partial charge is 0.345 e. The Balaban J connectivity index is 1.85. The molecule has 162 valence electrons. The second-order valence-electron chi connectivity index (χ2n) is 6.98. The summed E-state index contributed by atoms with van der Waals surface area (Å²) in [5, 5.41) is 2.58. The Morgan fingerprint density at radius 3 is 2.45 bits per heavy atom. The number of anilines is 1. The van der Waals surface area contributed by atoms with Gasteiger partial charge >= 0.3 is 0 Å². The topological polar surface area (TPSA) is 75.3 Å². The smallest absolute Gasteiger partial charge is 0.261 e. The van der Waals surface area contributed by atoms with Crippen LogP contribution in [0.25, 0.3) is 0 Å². The normalized spacial score (nSPS) is 12.3. The zero-order chi connectivity index (χ0) is 22.8. The van der Waals surface area contributed by atoms with Crippen LogP contribution >= 0.6 is 11.6 Å². The minimum Gasteiger partial charge on any atom is -0.345 e. The zero-order valence-corrected chi connectivity index (χ0v) is 18.2. The third-order valence-corrected chi connectivity index (χ3v) is 6.25. The Kier molecular flexibility index (Phi) is 6.62. The molecule has 0 radical (unpaired) electrons. The van der Waals surface area contributed by atoms with E-state index in [0.29, 0.717) is 5.69 Å². The van der Waals surface area contributed by atoms with Crippen molar-refractivity contribution in [2.75, 3.05) is 4.72 Å². The SMILES string of the molecule is Cc1cccc(NS(=O)(=O)c2ccc(Cl)c(C(=O)NC(C)c3ccc(F)cc3F)c2)c1. The minimum absolute atomic E-state index is 0.0267. The Hall–Kier alpha value is -2.97. The molecule has 0 aliphatic carbocycles. The fourth-order valence-electron chi connectivity index (χ4n) is 2.97. The van der Waals surface area contributed by atoms with E-state index < -0.39 is 33.6 Å². The van der Waals surface area contributed by atoms with Crippen LogP contribution in [0.1, 0.15) is 34.5 Å². The molecular weight excluding hydrogens is 446 g/mol. The number of carbonyl (C=O) groups excluding carboxylic acids is 1. The molecule has 0 spiro atoms. The van der Waals surface area contributed by atoms with Gasteiger partial charge in [-0.3, -0.25) is 9.52 Å². The molecule has 1 atom stereocenters. The molecule has 0 bridgehead atoms. The number of nitrogens with one attached hydrogen (secondary N) is 2. The number of aryl methyl sites for hydroxylation is 1. The van der Waals surface area contributed by atoms with Gasteiger partial charge in [-0.05, 0) is 55.8 Å². The summed E-state index contributed by atoms with van der Waals surface area (Å²) >= 11 is 6.10. The summed E-state index contributed by atoms with van der Waals surface area (Å²) in [4.78, 5) is 12.5. The highest BCUT2D eigenvalue weighted by Gasteiger charge is 2.21. The molecule has 0 aliphatic heterocycles. The van der Waals surface area contributed by atoms with E-state index in [-0.39, 0.29) is 21.0 Å². The van der Waals surface area contributed by atoms with Gasteiger partial charge in [-0.25, -0.2) is 17.2 Å². The molecule has 1 amide bonds. The van der Waals surface area contributed by atoms with Crippen molar-refractivity contribution in [2.24, 2.45) is 0 Å². The number of benzene rings is 3. The monoisotopic (exact) mass is 464 g/mol. The van der Waals surface area contributed by atoms with E-state index in [2.05, 4.69) is 10.0 Å². The van der Waals surface area contributed by atoms with E-state index in [1.54, 1.807) is 18.2 Å². The summed E-state index contributed by atoms with van der Waals surface area (Å²) < 4.78 is 55.1. The van der Waals surface area contributed by atoms with E-state index in [1.165, 1.54) is 25.1 Å². The molecule has 0 heterocycles. The summed E-state index contributed by atoms with van der Waals surface area (Å²) in [6.45, 7) is 3.34. The van der Waals surface area contributed by atoms with Gasteiger partial charge in [0.05, 0.1) is 21.5 Å². The van der Waals surface area contributed by atoms with E-state index in [1.807, 2.05) is 13.0 Å². The maximum atomic E-state index is 14.0. The Morgan fingerprint density at radius 2 is 1.77 bits per heavy atom. The van der Waals surface area contributed by atoms with Crippen LogP contribution in [-0.2, 0) is 10.0 Å². The van der Waals surface area contributed by atoms with Gasteiger partial charge in [0.1, 0.15) is 11.6 Å². The van der Waals surface area contributed by atoms with Gasteiger partial charge in [-0.2, -0.15) is 0 Å². The molecule has 3 aromatic carbocycles. The first kappa shape index (κ1) is 22.7. The standard InChI is InChI=1S/C22H19ClF2N2O3S/c1-13-4-3-5-16(10-13)27-31(29,30)17-7-9-20(23)19(12-17)22(28)26-14(2)18-8-6-15(24)11-21(18)25/h3-12,14,27H,1-2H3,(H,26,28). The Labute approximate surface area is 184 Å². The van der Waals surface area contributed by atoms with Crippen LogP contribution < -0.4 is 10.0 Å². The molecule has 9 heteroatoms. The van der Waals surface area contributed by atoms with Crippen LogP contribution in [0.15, 0.2) is 65.6 Å². The average Bonchev–Trinajstić information content (AvgIpc) is 2.67. The van der Waals surface area contributed by atoms with Gasteiger partial charge in [-0.1, -0.05) is 29.8 Å². The van der Waals surface area contributed by atoms with Gasteiger partial charge in [0.15, 0.2) is 0 Å². The molecule has 0 fully saturated rings. The first-order valence-corrected chi connectivity index (χ1v) is 11.1. The maximum Gasteiger partial charge on any atom is 0.261 e. The van der Waals surface area contributed by atoms with E-state index in [9.17, 15) is 22.0 Å². The quantitative estimate of drug-likeness (QED) is 0.525. The first-order valence-electron chi connectivity index (χ1n) is 9.21. The molecule has 0 aromatic heterocycles. The number of hydrogen-bond acceptors (Lipinski definition) is 3. The molecule has 31 heavy (non-hydrogen) atoms. The molecule has 0 saturated heterocycles. The van der Waals surface area contributed by atoms with Crippen molar-refractivity contribution in [1.82, 2.24) is 5.32 Å². The summed E-state index contributed by atoms with van der Waals surface area (Å²) in [5.41, 5.74) is 1.23. The highest BCUT2D eigenvalue weighted by molar-refractivity contribution is 7.92. The number of halogens is 3. The second-order valence-corrected chi connectivity index (χ2v) is 9.07. The van der Waals surface area contributed by atoms with Crippen molar-refractivity contribution in [3.05, 3.63) is 94.0 Å². The third kappa shape index (κ3) is 5.39. The number of carbonyl (C=O) groups is 1. The van der Waals surface area contributed by atoms with E-state index >= 15 is 0 Å². The van der Waals surface area contributed by atoms with Crippen LogP contribution in [0, 0.1) is 18.6 Å². The van der Waals surface area contributed by atoms with Gasteiger partial charge in [0, 0.05) is 17.3 Å². The molecule has 3 rings (SSSR count). The fourth-order valence-corrected chi connectivity index (χ4v) is 4.25. The van der Waals surface area contributed by atoms with Gasteiger partial charge in [0.2, 0.25) is 0 Å². The fraction of sp³-hybridized carbons (Fsp3) is 0.136. The van der Waals surface area contributed by atoms with Crippen molar-refractivity contribution in [2.45, 2.75) is 24.8 Å². The molecule has 0 aliphatic rings. The predicted molar refractivity (Wildman–Crippen MR) is 116 cm³/mol. The summed E-state index contributed by atoms with van der Waals surface area (Å²) in [5.74, 6) is -2.24. The summed E-state index contributed by atoms with van der Waals surface area (Å²) in [7, 11) is -3.99. The van der Waals surface area contributed by atoms with Crippen LogP contribution in [0.3, 0.4) is 0 Å². The van der Waals surface area contributed by atoms with Crippen molar-refractivity contribution in [3.8, 4) is 0 Å². The number of sulfonamides is 1. The molecule has 5 nitrogen and oxygen atoms in total. The number of amides is 1. The van der Waals surface area contributed by atoms with Crippen molar-refractivity contribution >= 4 is 33.2 Å². The highest BCUT2D eigenvalue weighted by atomic mass is 35.5. The lowest BCUT2D eigenvalue weighted by Gasteiger charge is -2.16. The third-order valence-electron chi connectivity index (χ3n) is 4.54. The minimum atomic E-state index is -3.99. The average molecular weight is 465 g/mol. The molecular formula is C22H19ClF2N2O3S. The van der Waals surface area contributed by atoms with Gasteiger partial charge < -0.3 is 5.32 Å². The lowest BCUT2D eigenvalue weighted by Crippen LogP contribution is -2.28. The van der Waals surface area contributed by atoms with E-state index in [0.717, 1.165) is 23.8 Å². The van der Waals surface area contributed by atoms with Crippen molar-refractivity contribution < 1.29 is 22.0 Å². The Morgan fingerprint density at radius 1 is 1.03 bits per heavy atom. The zero-order valence-electron chi connectivity index (χ0n) is 16.6. The summed E-state index contributed by atoms with van der Waals surface area (Å²) in [6.07, 6.45) is 0. The lowest BCUT2D eigenvalue weighted by molar-refractivity contribution is 0.0939. The highest BCUT2D eigenvalue weighted by Crippen LogP contribution is 2.24. The van der Waals surface area contributed by atoms with E-state index in [4.69, 9.17) is 11.6 Å². The van der Waals surface area contributed by atoms with Crippen LogP contribution in [0.2, 0.25) is 5.02 Å². The maximum absolute atomic E-state index is 14.0. The molecule has 2 N–H and O–H groups in total.